The maximum Gasteiger partial charge on any atom is 0.408 e. The van der Waals surface area contributed by atoms with Gasteiger partial charge in [0.05, 0.1) is 5.52 Å². The van der Waals surface area contributed by atoms with Crippen molar-refractivity contribution in [3.63, 3.8) is 0 Å². The van der Waals surface area contributed by atoms with E-state index >= 15 is 0 Å². The number of nitrogens with one attached hydrogen (secondary N) is 2. The number of nitrogens with zero attached hydrogens (tertiary/aromatic N) is 7. The molecular weight excluding hydrogens is 691 g/mol. The van der Waals surface area contributed by atoms with Gasteiger partial charge < -0.3 is 15.5 Å². The fourth-order valence-electron chi connectivity index (χ4n) is 7.61. The number of allylic oxidation sites excluding steroid dienone is 2. The van der Waals surface area contributed by atoms with Gasteiger partial charge in [-0.3, -0.25) is 28.5 Å². The van der Waals surface area contributed by atoms with E-state index in [-0.39, 0.29) is 48.8 Å². The standard InChI is InChI=1S/C37H40F3N9O4/c1-21(50)31-26-13-24(25-16-41-22(2)42-17-25)12-23-8-6-5-7-10-35(3,4)34(53)43-19-36-14-27(33(52)44-29-9-11-47(45-29)20-37(38,39)40)49(28(36)15-36)30(51)18-48(46-31)32(23)26/h5-6,9,11-13,16-17,27-28H,7-8,10,14-15,18-20H2,1-4H3,(H,43,53)(H,44,45,52)/b6-5+/t27-,28+,36-/m0/s1. The van der Waals surface area contributed by atoms with E-state index in [0.717, 1.165) is 22.9 Å². The Labute approximate surface area is 303 Å². The van der Waals surface area contributed by atoms with Crippen LogP contribution in [0.25, 0.3) is 22.0 Å². The predicted molar refractivity (Wildman–Crippen MR) is 187 cm³/mol. The van der Waals surface area contributed by atoms with Crippen molar-refractivity contribution < 1.29 is 32.3 Å². The minimum atomic E-state index is -4.50. The minimum Gasteiger partial charge on any atom is -0.355 e. The first-order valence-electron chi connectivity index (χ1n) is 17.5. The molecule has 3 aromatic heterocycles. The van der Waals surface area contributed by atoms with Gasteiger partial charge in [-0.15, -0.1) is 0 Å². The molecule has 7 rings (SSSR count). The van der Waals surface area contributed by atoms with Crippen LogP contribution in [-0.4, -0.2) is 82.7 Å². The summed E-state index contributed by atoms with van der Waals surface area (Å²) in [6.45, 7) is 5.60. The second-order valence-electron chi connectivity index (χ2n) is 15.0. The Balaban J connectivity index is 1.28. The number of amides is 3. The van der Waals surface area contributed by atoms with Crippen LogP contribution in [0, 0.1) is 17.8 Å². The first kappa shape index (κ1) is 36.0. The van der Waals surface area contributed by atoms with E-state index in [2.05, 4.69) is 30.8 Å². The molecule has 1 saturated heterocycles. The van der Waals surface area contributed by atoms with Crippen molar-refractivity contribution in [2.24, 2.45) is 10.8 Å². The normalized spacial score (nSPS) is 23.6. The van der Waals surface area contributed by atoms with E-state index in [0.29, 0.717) is 47.1 Å². The van der Waals surface area contributed by atoms with Gasteiger partial charge in [0.2, 0.25) is 17.7 Å². The van der Waals surface area contributed by atoms with Gasteiger partial charge in [-0.25, -0.2) is 9.97 Å². The van der Waals surface area contributed by atoms with Crippen molar-refractivity contribution in [3.05, 3.63) is 66.0 Å². The summed E-state index contributed by atoms with van der Waals surface area (Å²) in [5, 5.41) is 14.7. The van der Waals surface area contributed by atoms with Crippen LogP contribution in [0.3, 0.4) is 0 Å². The maximum atomic E-state index is 14.4. The zero-order valence-electron chi connectivity index (χ0n) is 29.8. The van der Waals surface area contributed by atoms with Crippen LogP contribution in [0.1, 0.15) is 68.3 Å². The number of aryl methyl sites for hydroxylation is 1. The number of ketones is 1. The molecule has 2 fully saturated rings. The fraction of sp³-hybridized carbons (Fsp3) is 0.459. The number of Topliss-reactive ketones (excluding diaryl/α,β-unsaturated/α-hetero) is 1. The number of carbonyl (C=O) groups excluding carboxylic acids is 4. The summed E-state index contributed by atoms with van der Waals surface area (Å²) < 4.78 is 41.1. The van der Waals surface area contributed by atoms with Gasteiger partial charge in [0, 0.05) is 65.9 Å². The Bertz CT molecular complexity index is 2150. The van der Waals surface area contributed by atoms with Gasteiger partial charge in [-0.1, -0.05) is 26.0 Å². The number of aromatic nitrogens is 6. The molecule has 5 heterocycles. The molecular formula is C37H40F3N9O4. The molecule has 0 radical (unpaired) electrons. The molecule has 2 bridgehead atoms. The molecule has 53 heavy (non-hydrogen) atoms. The average molecular weight is 732 g/mol. The molecule has 0 unspecified atom stereocenters. The topological polar surface area (TPSA) is 157 Å². The lowest BCUT2D eigenvalue weighted by Crippen LogP contribution is -2.46. The van der Waals surface area contributed by atoms with Gasteiger partial charge in [0.1, 0.15) is 30.6 Å². The van der Waals surface area contributed by atoms with E-state index in [4.69, 9.17) is 0 Å². The van der Waals surface area contributed by atoms with Crippen molar-refractivity contribution in [1.82, 2.24) is 39.7 Å². The van der Waals surface area contributed by atoms with Gasteiger partial charge in [-0.2, -0.15) is 23.4 Å². The Morgan fingerprint density at radius 3 is 2.53 bits per heavy atom. The summed E-state index contributed by atoms with van der Waals surface area (Å²) in [7, 11) is 0. The maximum absolute atomic E-state index is 14.4. The molecule has 4 aromatic rings. The minimum absolute atomic E-state index is 0.0811. The van der Waals surface area contributed by atoms with Crippen LogP contribution >= 0.6 is 0 Å². The zero-order chi connectivity index (χ0) is 37.9. The third-order valence-corrected chi connectivity index (χ3v) is 10.6. The molecule has 278 valence electrons. The number of carbonyl (C=O) groups is 4. The van der Waals surface area contributed by atoms with Crippen LogP contribution in [-0.2, 0) is 33.9 Å². The number of anilines is 1. The highest BCUT2D eigenvalue weighted by atomic mass is 19.4. The van der Waals surface area contributed by atoms with Crippen LogP contribution in [0.5, 0.6) is 0 Å². The summed E-state index contributed by atoms with van der Waals surface area (Å²) in [5.74, 6) is -0.923. The van der Waals surface area contributed by atoms with Crippen LogP contribution in [0.15, 0.2) is 48.9 Å². The summed E-state index contributed by atoms with van der Waals surface area (Å²) >= 11 is 0. The lowest BCUT2D eigenvalue weighted by molar-refractivity contribution is -0.142. The third kappa shape index (κ3) is 7.18. The number of halogens is 3. The SMILES string of the molecule is CC(=O)c1nn2c3c(cc(-c4cnc(C)nc4)cc13)C/C=C/CCC(C)(C)C(=O)NC[C@@]13C[C@@H](C(=O)Nc4ccn(CC(F)(F)F)n4)N(C(=O)C2)[C@@H]1C3. The second kappa shape index (κ2) is 13.2. The number of rotatable bonds is 5. The average Bonchev–Trinajstić information content (AvgIpc) is 3.34. The van der Waals surface area contributed by atoms with Crippen molar-refractivity contribution in [2.45, 2.75) is 91.1 Å². The van der Waals surface area contributed by atoms with Crippen molar-refractivity contribution in [3.8, 4) is 11.1 Å². The molecule has 13 nitrogen and oxygen atoms in total. The first-order chi connectivity index (χ1) is 25.0. The molecule has 3 atom stereocenters. The van der Waals surface area contributed by atoms with Crippen molar-refractivity contribution in [2.75, 3.05) is 11.9 Å². The Morgan fingerprint density at radius 2 is 1.81 bits per heavy atom. The third-order valence-electron chi connectivity index (χ3n) is 10.6. The Hall–Kier alpha value is -5.41. The number of hydrogen-bond acceptors (Lipinski definition) is 8. The summed E-state index contributed by atoms with van der Waals surface area (Å²) in [6, 6.07) is 3.70. The van der Waals surface area contributed by atoms with E-state index in [1.807, 2.05) is 38.1 Å². The molecule has 16 heteroatoms. The molecule has 2 N–H and O–H groups in total. The van der Waals surface area contributed by atoms with E-state index in [9.17, 15) is 32.3 Å². The second-order valence-corrected chi connectivity index (χ2v) is 15.0. The zero-order valence-corrected chi connectivity index (χ0v) is 29.8. The first-order valence-corrected chi connectivity index (χ1v) is 17.5. The van der Waals surface area contributed by atoms with E-state index < -0.39 is 41.4 Å². The van der Waals surface area contributed by atoms with Crippen molar-refractivity contribution >= 4 is 40.2 Å². The largest absolute Gasteiger partial charge is 0.408 e. The molecule has 1 saturated carbocycles. The molecule has 3 aliphatic rings. The number of alkyl halides is 3. The van der Waals surface area contributed by atoms with Crippen LogP contribution in [0.2, 0.25) is 0 Å². The molecule has 1 aromatic carbocycles. The highest BCUT2D eigenvalue weighted by molar-refractivity contribution is 6.07. The quantitative estimate of drug-likeness (QED) is 0.219. The lowest BCUT2D eigenvalue weighted by atomic mass is 9.86. The lowest BCUT2D eigenvalue weighted by Gasteiger charge is -2.27. The summed E-state index contributed by atoms with van der Waals surface area (Å²) in [5.41, 5.74) is 1.84. The van der Waals surface area contributed by atoms with Crippen molar-refractivity contribution in [1.29, 1.82) is 0 Å². The van der Waals surface area contributed by atoms with Gasteiger partial charge >= 0.3 is 6.18 Å². The molecule has 1 aliphatic carbocycles. The number of hydrogen-bond donors (Lipinski definition) is 2. The van der Waals surface area contributed by atoms with Crippen LogP contribution < -0.4 is 10.6 Å². The highest BCUT2D eigenvalue weighted by Gasteiger charge is 2.67. The van der Waals surface area contributed by atoms with Gasteiger partial charge in [-0.05, 0) is 62.3 Å². The molecule has 0 spiro atoms. The number of benzene rings is 1. The summed E-state index contributed by atoms with van der Waals surface area (Å²) in [6.07, 6.45) is 6.48. The Morgan fingerprint density at radius 1 is 1.06 bits per heavy atom. The molecule has 2 aliphatic heterocycles. The summed E-state index contributed by atoms with van der Waals surface area (Å²) in [4.78, 5) is 64.9. The molecule has 3 amide bonds. The van der Waals surface area contributed by atoms with Gasteiger partial charge in [0.15, 0.2) is 11.6 Å². The predicted octanol–water partition coefficient (Wildman–Crippen LogP) is 4.80. The smallest absolute Gasteiger partial charge is 0.355 e. The van der Waals surface area contributed by atoms with E-state index in [1.165, 1.54) is 22.6 Å². The fourth-order valence-corrected chi connectivity index (χ4v) is 7.61. The number of piperidine rings is 1. The highest BCUT2D eigenvalue weighted by Crippen LogP contribution is 2.59. The monoisotopic (exact) mass is 731 g/mol. The Kier molecular flexibility index (Phi) is 8.97. The van der Waals surface area contributed by atoms with E-state index in [1.54, 1.807) is 19.3 Å². The van der Waals surface area contributed by atoms with Gasteiger partial charge in [0.25, 0.3) is 0 Å². The van der Waals surface area contributed by atoms with Crippen LogP contribution in [0.4, 0.5) is 19.0 Å².